The second-order valence-corrected chi connectivity index (χ2v) is 6.78. The van der Waals surface area contributed by atoms with Gasteiger partial charge in [0, 0.05) is 27.8 Å². The zero-order valence-corrected chi connectivity index (χ0v) is 15.8. The van der Waals surface area contributed by atoms with Gasteiger partial charge in [-0.2, -0.15) is 0 Å². The Morgan fingerprint density at radius 1 is 0.963 bits per heavy atom. The first-order valence-corrected chi connectivity index (χ1v) is 9.00. The number of aromatic carboxylic acids is 1. The van der Waals surface area contributed by atoms with E-state index in [2.05, 4.69) is 5.32 Å². The maximum Gasteiger partial charge on any atom is 0.335 e. The van der Waals surface area contributed by atoms with Gasteiger partial charge >= 0.3 is 5.97 Å². The van der Waals surface area contributed by atoms with Crippen molar-refractivity contribution in [3.63, 3.8) is 0 Å². The summed E-state index contributed by atoms with van der Waals surface area (Å²) in [5.74, 6) is -0.270. The predicted molar refractivity (Wildman–Crippen MR) is 108 cm³/mol. The van der Waals surface area contributed by atoms with Crippen molar-refractivity contribution in [1.29, 1.82) is 0 Å². The molecule has 0 fully saturated rings. The van der Waals surface area contributed by atoms with Crippen LogP contribution in [0.2, 0.25) is 10.0 Å². The maximum absolute atomic E-state index is 11.1. The van der Waals surface area contributed by atoms with Gasteiger partial charge in [-0.25, -0.2) is 4.79 Å². The van der Waals surface area contributed by atoms with Crippen molar-refractivity contribution in [2.24, 2.45) is 0 Å². The molecule has 138 valence electrons. The lowest BCUT2D eigenvalue weighted by Gasteiger charge is -2.14. The molecule has 3 aromatic rings. The molecule has 3 aromatic carbocycles. The summed E-state index contributed by atoms with van der Waals surface area (Å²) in [5, 5.41) is 13.6. The Bertz CT molecular complexity index is 960. The first kappa shape index (κ1) is 19.1. The Kier molecular flexibility index (Phi) is 6.22. The Morgan fingerprint density at radius 3 is 2.52 bits per heavy atom. The molecule has 2 N–H and O–H groups in total. The van der Waals surface area contributed by atoms with Gasteiger partial charge < -0.3 is 15.2 Å². The second-order valence-electron chi connectivity index (χ2n) is 5.91. The van der Waals surface area contributed by atoms with Crippen LogP contribution in [-0.4, -0.2) is 11.1 Å². The smallest absolute Gasteiger partial charge is 0.335 e. The summed E-state index contributed by atoms with van der Waals surface area (Å²) in [4.78, 5) is 11.1. The van der Waals surface area contributed by atoms with Gasteiger partial charge in [0.2, 0.25) is 0 Å². The fourth-order valence-electron chi connectivity index (χ4n) is 2.57. The van der Waals surface area contributed by atoms with E-state index >= 15 is 0 Å². The molecule has 0 spiro atoms. The highest BCUT2D eigenvalue weighted by Gasteiger charge is 2.08. The molecule has 0 aromatic heterocycles. The zero-order chi connectivity index (χ0) is 19.2. The highest BCUT2D eigenvalue weighted by atomic mass is 35.5. The van der Waals surface area contributed by atoms with E-state index in [9.17, 15) is 4.79 Å². The molecule has 0 radical (unpaired) electrons. The number of nitrogens with one attached hydrogen (secondary N) is 1. The SMILES string of the molecule is O=C(O)c1cccc(NCc2cc(Cl)ccc2OCc2cccc(Cl)c2)c1. The number of rotatable bonds is 7. The molecule has 0 atom stereocenters. The van der Waals surface area contributed by atoms with Crippen LogP contribution in [0.5, 0.6) is 5.75 Å². The average Bonchev–Trinajstić information content (AvgIpc) is 2.66. The standard InChI is InChI=1S/C21H17Cl2NO3/c22-17-5-1-3-14(9-17)13-27-20-8-7-18(23)10-16(20)12-24-19-6-2-4-15(11-19)21(25)26/h1-11,24H,12-13H2,(H,25,26). The number of benzene rings is 3. The van der Waals surface area contributed by atoms with E-state index < -0.39 is 5.97 Å². The van der Waals surface area contributed by atoms with Gasteiger partial charge in [-0.1, -0.05) is 41.4 Å². The Labute approximate surface area is 167 Å². The number of hydrogen-bond acceptors (Lipinski definition) is 3. The lowest BCUT2D eigenvalue weighted by atomic mass is 10.1. The zero-order valence-electron chi connectivity index (χ0n) is 14.3. The molecule has 27 heavy (non-hydrogen) atoms. The Morgan fingerprint density at radius 2 is 1.74 bits per heavy atom. The summed E-state index contributed by atoms with van der Waals surface area (Å²) in [6.07, 6.45) is 0. The van der Waals surface area contributed by atoms with Crippen molar-refractivity contribution in [1.82, 2.24) is 0 Å². The summed E-state index contributed by atoms with van der Waals surface area (Å²) in [7, 11) is 0. The van der Waals surface area contributed by atoms with Gasteiger partial charge in [0.05, 0.1) is 5.56 Å². The highest BCUT2D eigenvalue weighted by Crippen LogP contribution is 2.25. The average molecular weight is 402 g/mol. The molecule has 0 saturated heterocycles. The third-order valence-electron chi connectivity index (χ3n) is 3.90. The molecule has 0 heterocycles. The summed E-state index contributed by atoms with van der Waals surface area (Å²) in [5.41, 5.74) is 2.76. The van der Waals surface area contributed by atoms with Crippen LogP contribution in [0.4, 0.5) is 5.69 Å². The highest BCUT2D eigenvalue weighted by molar-refractivity contribution is 6.30. The van der Waals surface area contributed by atoms with Gasteiger partial charge in [0.15, 0.2) is 0 Å². The third-order valence-corrected chi connectivity index (χ3v) is 4.37. The topological polar surface area (TPSA) is 58.6 Å². The van der Waals surface area contributed by atoms with E-state index in [0.29, 0.717) is 34.6 Å². The van der Waals surface area contributed by atoms with Crippen LogP contribution in [0.25, 0.3) is 0 Å². The quantitative estimate of drug-likeness (QED) is 0.518. The second kappa shape index (κ2) is 8.80. The molecule has 0 amide bonds. The minimum Gasteiger partial charge on any atom is -0.489 e. The van der Waals surface area contributed by atoms with Crippen LogP contribution >= 0.6 is 23.2 Å². The molecule has 0 aliphatic rings. The van der Waals surface area contributed by atoms with E-state index in [1.165, 1.54) is 0 Å². The molecule has 0 aliphatic heterocycles. The lowest BCUT2D eigenvalue weighted by molar-refractivity contribution is 0.0697. The number of hydrogen-bond donors (Lipinski definition) is 2. The van der Waals surface area contributed by atoms with E-state index in [1.807, 2.05) is 42.5 Å². The van der Waals surface area contributed by atoms with Crippen LogP contribution < -0.4 is 10.1 Å². The molecular weight excluding hydrogens is 385 g/mol. The van der Waals surface area contributed by atoms with E-state index in [1.54, 1.807) is 24.3 Å². The molecule has 0 unspecified atom stereocenters. The molecule has 4 nitrogen and oxygen atoms in total. The van der Waals surface area contributed by atoms with Crippen LogP contribution in [0.15, 0.2) is 66.7 Å². The predicted octanol–water partition coefficient (Wildman–Crippen LogP) is 5.88. The van der Waals surface area contributed by atoms with Crippen molar-refractivity contribution in [2.75, 3.05) is 5.32 Å². The number of halogens is 2. The van der Waals surface area contributed by atoms with E-state index in [0.717, 1.165) is 11.1 Å². The number of carboxylic acids is 1. The van der Waals surface area contributed by atoms with Gasteiger partial charge in [0.25, 0.3) is 0 Å². The van der Waals surface area contributed by atoms with Crippen molar-refractivity contribution >= 4 is 34.9 Å². The number of anilines is 1. The first-order valence-electron chi connectivity index (χ1n) is 8.24. The molecule has 0 aliphatic carbocycles. The van der Waals surface area contributed by atoms with Crippen molar-refractivity contribution < 1.29 is 14.6 Å². The van der Waals surface area contributed by atoms with Crippen molar-refractivity contribution in [3.8, 4) is 5.75 Å². The van der Waals surface area contributed by atoms with Crippen LogP contribution in [0.3, 0.4) is 0 Å². The van der Waals surface area contributed by atoms with Crippen LogP contribution in [-0.2, 0) is 13.2 Å². The summed E-state index contributed by atoms with van der Waals surface area (Å²) < 4.78 is 5.93. The van der Waals surface area contributed by atoms with E-state index in [4.69, 9.17) is 33.0 Å². The van der Waals surface area contributed by atoms with Crippen molar-refractivity contribution in [3.05, 3.63) is 93.5 Å². The number of carbonyl (C=O) groups is 1. The third kappa shape index (κ3) is 5.39. The fraction of sp³-hybridized carbons (Fsp3) is 0.0952. The monoisotopic (exact) mass is 401 g/mol. The molecule has 0 bridgehead atoms. The van der Waals surface area contributed by atoms with Crippen molar-refractivity contribution in [2.45, 2.75) is 13.2 Å². The van der Waals surface area contributed by atoms with Crippen LogP contribution in [0, 0.1) is 0 Å². The Hall–Kier alpha value is -2.69. The number of ether oxygens (including phenoxy) is 1. The maximum atomic E-state index is 11.1. The molecule has 3 rings (SSSR count). The van der Waals surface area contributed by atoms with Gasteiger partial charge in [-0.15, -0.1) is 0 Å². The molecule has 0 saturated carbocycles. The fourth-order valence-corrected chi connectivity index (χ4v) is 2.98. The first-order chi connectivity index (χ1) is 13.0. The summed E-state index contributed by atoms with van der Waals surface area (Å²) in [6.45, 7) is 0.818. The molecular formula is C21H17Cl2NO3. The van der Waals surface area contributed by atoms with E-state index in [-0.39, 0.29) is 5.56 Å². The number of carboxylic acid groups (broad SMARTS) is 1. The van der Waals surface area contributed by atoms with Gasteiger partial charge in [0.1, 0.15) is 12.4 Å². The normalized spacial score (nSPS) is 10.4. The Balaban J connectivity index is 1.72. The summed E-state index contributed by atoms with van der Waals surface area (Å²) in [6, 6.07) is 19.5. The minimum absolute atomic E-state index is 0.225. The molecule has 6 heteroatoms. The van der Waals surface area contributed by atoms with Crippen LogP contribution in [0.1, 0.15) is 21.5 Å². The largest absolute Gasteiger partial charge is 0.489 e. The minimum atomic E-state index is -0.966. The lowest BCUT2D eigenvalue weighted by Crippen LogP contribution is -2.05. The van der Waals surface area contributed by atoms with Gasteiger partial charge in [-0.05, 0) is 54.1 Å². The summed E-state index contributed by atoms with van der Waals surface area (Å²) >= 11 is 12.1. The van der Waals surface area contributed by atoms with Gasteiger partial charge in [-0.3, -0.25) is 0 Å².